The lowest BCUT2D eigenvalue weighted by Gasteiger charge is -2.61. The molecule has 13 heteroatoms. The smallest absolute Gasteiger partial charge is 0.306 e. The summed E-state index contributed by atoms with van der Waals surface area (Å²) < 4.78 is 0. The van der Waals surface area contributed by atoms with Gasteiger partial charge in [-0.15, -0.1) is 0 Å². The topological polar surface area (TPSA) is 254 Å². The highest BCUT2D eigenvalue weighted by molar-refractivity contribution is 5.79. The van der Waals surface area contributed by atoms with Crippen molar-refractivity contribution in [2.75, 3.05) is 0 Å². The minimum atomic E-state index is -0.793. The number of carboxylic acids is 2. The van der Waals surface area contributed by atoms with E-state index in [1.807, 2.05) is 0 Å². The Morgan fingerprint density at radius 2 is 0.593 bits per heavy atom. The van der Waals surface area contributed by atoms with Gasteiger partial charge in [0.25, 0.3) is 0 Å². The van der Waals surface area contributed by atoms with Gasteiger partial charge in [-0.1, -0.05) is 305 Å². The first-order valence-electron chi connectivity index (χ1n) is 55.9. The third-order valence-corrected chi connectivity index (χ3v) is 47.5. The van der Waals surface area contributed by atoms with Crippen molar-refractivity contribution in [3.05, 3.63) is 154 Å². The Labute approximate surface area is 849 Å². The monoisotopic (exact) mass is 1930 g/mol. The Kier molecular flexibility index (Phi) is 31.0. The van der Waals surface area contributed by atoms with Gasteiger partial charge in [0, 0.05) is 51.2 Å². The molecule has 0 spiro atoms. The lowest BCUT2D eigenvalue weighted by molar-refractivity contribution is -0.149. The van der Waals surface area contributed by atoms with E-state index in [1.165, 1.54) is 68.6 Å². The number of aliphatic hydroxyl groups excluding tert-OH is 8. The molecule has 0 bridgehead atoms. The maximum absolute atomic E-state index is 13.0. The number of carboxylic acid groups (broad SMARTS) is 2. The van der Waals surface area contributed by atoms with Crippen molar-refractivity contribution < 1.29 is 65.4 Å². The molecular weight excluding hydrogens is 1730 g/mol. The molecule has 16 aliphatic rings. The lowest BCUT2D eigenvalue weighted by atomic mass is 9.43. The number of carbonyl (C=O) groups excluding carboxylic acids is 1. The average molecular weight is 1930 g/mol. The van der Waals surface area contributed by atoms with Crippen LogP contribution in [0.4, 0.5) is 0 Å². The van der Waals surface area contributed by atoms with Gasteiger partial charge < -0.3 is 51.1 Å². The molecule has 0 aromatic carbocycles. The van der Waals surface area contributed by atoms with Crippen LogP contribution in [0, 0.1) is 187 Å². The van der Waals surface area contributed by atoms with E-state index in [9.17, 15) is 65.4 Å². The Hall–Kier alpha value is -5.25. The van der Waals surface area contributed by atoms with E-state index in [0.717, 1.165) is 139 Å². The molecule has 10 N–H and O–H groups in total. The van der Waals surface area contributed by atoms with E-state index in [2.05, 4.69) is 282 Å². The van der Waals surface area contributed by atoms with E-state index in [1.54, 1.807) is 6.92 Å². The summed E-state index contributed by atoms with van der Waals surface area (Å²) in [5, 5.41) is 110. The van der Waals surface area contributed by atoms with Gasteiger partial charge in [-0.3, -0.25) is 14.4 Å². The van der Waals surface area contributed by atoms with Crippen LogP contribution in [0.15, 0.2) is 154 Å². The van der Waals surface area contributed by atoms with E-state index in [4.69, 9.17) is 0 Å². The first-order chi connectivity index (χ1) is 64.4. The van der Waals surface area contributed by atoms with E-state index in [-0.39, 0.29) is 147 Å². The van der Waals surface area contributed by atoms with Crippen LogP contribution in [-0.4, -0.2) is 112 Å². The predicted molar refractivity (Wildman–Crippen MR) is 573 cm³/mol. The fourth-order valence-electron chi connectivity index (χ4n) is 36.0. The van der Waals surface area contributed by atoms with Gasteiger partial charge in [-0.05, 0) is 355 Å². The summed E-state index contributed by atoms with van der Waals surface area (Å²) in [5.41, 5.74) is 14.1. The van der Waals surface area contributed by atoms with Crippen LogP contribution in [0.2, 0.25) is 0 Å². The molecule has 8 fully saturated rings. The standard InChI is InChI=1S/3C32H50O3.C31H48O4/c1-19(2)20(3)10-11-22(21(4)33)28-25(34)18-32(9)24-12-13-26-29(5,6)27(35)15-16-30(26,7)23(24)14-17-31(28,32)8;1-19(2)20(3)10-11-22(21(4)33)25-18-28(35)32(9)24-12-13-26-29(5,6)27(34)15-16-30(26,7)23(24)14-17-31(25,32)8;1-19(2)20(3)10-11-22(28(34)35)27-25(33)18-32(9)24-12-13-26-29(5,6)21(4)14-16-30(26,7)23(24)15-17-31(27,32)8;1-18(2)19(3)9-10-20(27(34)35)26-23(32)17-31(8)22-11-12-24-28(4,5)25(33)14-15-29(24,6)21(22)13-16-30(26,31)7/h12,14,19,22,25-28,33-35H,3-4,10-11,13,15-18H2,1-2,5-9H3;12,14,19,22,25-28,34-35H,3,10-11,13,15-18H2,1-2,4-9H3;12,15,19,21-22,25-27,33H,3,10-11,13-14,16-18H2,1-2,4-9H3,(H,34,35);11,13,18,20,23-26,32-33H,3,9-10,12,14-17H2,1-2,4-8H3,(H,34,35)/t22?,25-,26+,27+,28+,30-,31-,32+;22-,25+,26-,27-,28-,30+,31+,32+;21-,22-,25-,26?,27+,30-,31-,32+;20-,23-,24+,25+,26+,29-,30-,31+/m1011/s1. The van der Waals surface area contributed by atoms with Crippen molar-refractivity contribution in [2.24, 2.45) is 187 Å². The molecule has 0 aromatic heterocycles. The molecule has 8 saturated carbocycles. The highest BCUT2D eigenvalue weighted by atomic mass is 16.4. The molecular formula is C127H198O13. The van der Waals surface area contributed by atoms with Gasteiger partial charge in [0.2, 0.25) is 0 Å². The summed E-state index contributed by atoms with van der Waals surface area (Å²) in [5.74, 6) is 1.20. The second-order valence-corrected chi connectivity index (χ2v) is 56.2. The van der Waals surface area contributed by atoms with Gasteiger partial charge in [0.1, 0.15) is 5.78 Å². The van der Waals surface area contributed by atoms with Gasteiger partial charge in [-0.25, -0.2) is 0 Å². The quantitative estimate of drug-likeness (QED) is 0.0319. The zero-order chi connectivity index (χ0) is 105. The van der Waals surface area contributed by atoms with Gasteiger partial charge >= 0.3 is 11.9 Å². The van der Waals surface area contributed by atoms with Crippen LogP contribution < -0.4 is 0 Å². The molecule has 13 nitrogen and oxygen atoms in total. The van der Waals surface area contributed by atoms with Crippen molar-refractivity contribution in [3.63, 3.8) is 0 Å². The predicted octanol–water partition coefficient (Wildman–Crippen LogP) is 28.9. The van der Waals surface area contributed by atoms with Crippen molar-refractivity contribution >= 4 is 17.7 Å². The van der Waals surface area contributed by atoms with E-state index >= 15 is 0 Å². The van der Waals surface area contributed by atoms with Crippen LogP contribution in [0.25, 0.3) is 0 Å². The Morgan fingerprint density at radius 3 is 0.879 bits per heavy atom. The summed E-state index contributed by atoms with van der Waals surface area (Å²) in [7, 11) is 0. The molecule has 0 aromatic rings. The summed E-state index contributed by atoms with van der Waals surface area (Å²) in [6, 6.07) is 0. The molecule has 32 atom stereocenters. The number of hydrogen-bond donors (Lipinski definition) is 10. The number of ketones is 1. The number of aliphatic hydroxyl groups is 8. The largest absolute Gasteiger partial charge is 0.513 e. The lowest BCUT2D eigenvalue weighted by Crippen LogP contribution is -2.55. The molecule has 0 aliphatic heterocycles. The van der Waals surface area contributed by atoms with Crippen molar-refractivity contribution in [3.8, 4) is 0 Å². The maximum atomic E-state index is 13.0. The minimum Gasteiger partial charge on any atom is -0.513 e. The van der Waals surface area contributed by atoms with Crippen molar-refractivity contribution in [1.29, 1.82) is 0 Å². The second-order valence-electron chi connectivity index (χ2n) is 56.2. The molecule has 0 saturated heterocycles. The van der Waals surface area contributed by atoms with Gasteiger partial charge in [-0.2, -0.15) is 0 Å². The highest BCUT2D eigenvalue weighted by Crippen LogP contribution is 2.79. The van der Waals surface area contributed by atoms with Crippen LogP contribution in [0.3, 0.4) is 0 Å². The average Bonchev–Trinajstić information content (AvgIpc) is 1.49. The van der Waals surface area contributed by atoms with E-state index in [0.29, 0.717) is 97.7 Å². The SMILES string of the molecule is C=C(CCC(C(=C)O)[C@H]1[C@H](O)C[C@@]2(C)C3=CC[C@H]4C(C)(C)[C@@H](O)CC[C@]4(C)C3=CC[C@]12C)C(C)C.C=C(CC[C@@H](C(=O)O)[C@H]1[C@H](O)C[C@@]2(C)C3=CCC4C(C)(C)[C@H](C)CC[C@]4(C)C3=CC[C@]12C)C(C)C.C=C(CC[C@@H](C(=O)O)[C@H]1[C@H](O)C[C@@]2(C)C3=CC[C@H]4C(C)(C)[C@@H](O)CC[C@]4(C)C3=CC[C@]12C)C(C)C.C=C(CC[C@@H](C(C)=O)[C@H]1C[C@H](O)[C@@]2(C)C3=CC[C@H]4C(C)(C)[C@@H](O)CC[C@]4(C)C3=CC[C@]12C)C(C)C. The number of hydrogen-bond acceptors (Lipinski definition) is 11. The summed E-state index contributed by atoms with van der Waals surface area (Å²) >= 11 is 0. The molecule has 0 radical (unpaired) electrons. The number of rotatable bonds is 24. The second kappa shape index (κ2) is 38.7. The molecule has 16 rings (SSSR count). The van der Waals surface area contributed by atoms with Crippen molar-refractivity contribution in [2.45, 2.75) is 430 Å². The normalized spacial score (nSPS) is 42.9. The molecule has 2 unspecified atom stereocenters. The van der Waals surface area contributed by atoms with Crippen LogP contribution in [0.1, 0.15) is 387 Å². The molecule has 784 valence electrons. The Morgan fingerprint density at radius 1 is 0.336 bits per heavy atom. The summed E-state index contributed by atoms with van der Waals surface area (Å²) in [4.78, 5) is 38.2. The number of Topliss-reactive ketones (excluding diaryl/α,β-unsaturated/α-hetero) is 1. The summed E-state index contributed by atoms with van der Waals surface area (Å²) in [6.07, 6.45) is 40.4. The number of fused-ring (bicyclic) bond motifs is 20. The molecule has 140 heavy (non-hydrogen) atoms. The summed E-state index contributed by atoms with van der Waals surface area (Å²) in [6.45, 7) is 88.6. The maximum Gasteiger partial charge on any atom is 0.306 e. The third-order valence-electron chi connectivity index (χ3n) is 47.5. The number of aliphatic carboxylic acids is 2. The number of carbonyl (C=O) groups is 3. The first kappa shape index (κ1) is 112. The molecule has 16 aliphatic carbocycles. The third kappa shape index (κ3) is 17.4. The fraction of sp³-hybridized carbons (Fsp3) is 0.772. The Bertz CT molecular complexity index is 4680. The zero-order valence-corrected chi connectivity index (χ0v) is 93.5. The van der Waals surface area contributed by atoms with Crippen LogP contribution in [0.5, 0.6) is 0 Å². The van der Waals surface area contributed by atoms with Gasteiger partial charge in [0.15, 0.2) is 0 Å². The minimum absolute atomic E-state index is 0.00139. The van der Waals surface area contributed by atoms with Gasteiger partial charge in [0.05, 0.1) is 60.3 Å². The molecule has 0 heterocycles. The zero-order valence-electron chi connectivity index (χ0n) is 93.5. The Balaban J connectivity index is 0.000000157. The van der Waals surface area contributed by atoms with E-state index < -0.39 is 48.2 Å². The first-order valence-corrected chi connectivity index (χ1v) is 55.9. The van der Waals surface area contributed by atoms with Crippen LogP contribution >= 0.6 is 0 Å². The highest BCUT2D eigenvalue weighted by Gasteiger charge is 2.73. The molecule has 0 amide bonds. The fourth-order valence-corrected chi connectivity index (χ4v) is 36.0. The van der Waals surface area contributed by atoms with Crippen molar-refractivity contribution in [1.82, 2.24) is 0 Å². The van der Waals surface area contributed by atoms with Crippen LogP contribution in [-0.2, 0) is 14.4 Å². The number of allylic oxidation sites excluding steroid dienone is 20.